The first kappa shape index (κ1) is 15.7. The summed E-state index contributed by atoms with van der Waals surface area (Å²) in [7, 11) is 0. The van der Waals surface area contributed by atoms with E-state index in [1.165, 1.54) is 9.78 Å². The minimum absolute atomic E-state index is 0.312. The van der Waals surface area contributed by atoms with Crippen molar-refractivity contribution in [3.63, 3.8) is 0 Å². The number of hydrogen-bond acceptors (Lipinski definition) is 4. The van der Waals surface area contributed by atoms with Crippen LogP contribution in [-0.4, -0.2) is 42.2 Å². The zero-order chi connectivity index (χ0) is 14.8. The van der Waals surface area contributed by atoms with Crippen LogP contribution in [0.4, 0.5) is 13.2 Å². The van der Waals surface area contributed by atoms with Gasteiger partial charge in [-0.25, -0.2) is 4.98 Å². The van der Waals surface area contributed by atoms with Crippen molar-refractivity contribution in [1.82, 2.24) is 15.2 Å². The Hall–Kier alpha value is -0.660. The molecule has 1 aliphatic rings. The van der Waals surface area contributed by atoms with E-state index in [9.17, 15) is 13.2 Å². The second-order valence-electron chi connectivity index (χ2n) is 5.38. The Morgan fingerprint density at radius 2 is 2.15 bits per heavy atom. The number of alkyl halides is 3. The molecule has 1 atom stereocenters. The van der Waals surface area contributed by atoms with Crippen LogP contribution >= 0.6 is 11.3 Å². The van der Waals surface area contributed by atoms with Gasteiger partial charge in [0.25, 0.3) is 0 Å². The van der Waals surface area contributed by atoms with Crippen LogP contribution in [0.5, 0.6) is 0 Å². The second-order valence-corrected chi connectivity index (χ2v) is 6.67. The lowest BCUT2D eigenvalue weighted by molar-refractivity contribution is -0.143. The molecule has 1 aliphatic heterocycles. The summed E-state index contributed by atoms with van der Waals surface area (Å²) < 4.78 is 36.9. The fourth-order valence-electron chi connectivity index (χ4n) is 2.60. The van der Waals surface area contributed by atoms with E-state index in [1.54, 1.807) is 11.3 Å². The fraction of sp³-hybridized carbons (Fsp3) is 0.769. The summed E-state index contributed by atoms with van der Waals surface area (Å²) >= 11 is 1.67. The van der Waals surface area contributed by atoms with E-state index in [0.29, 0.717) is 19.0 Å². The van der Waals surface area contributed by atoms with Crippen molar-refractivity contribution in [2.45, 2.75) is 33.0 Å². The Labute approximate surface area is 121 Å². The van der Waals surface area contributed by atoms with Crippen LogP contribution < -0.4 is 5.32 Å². The largest absolute Gasteiger partial charge is 0.401 e. The van der Waals surface area contributed by atoms with Gasteiger partial charge in [0.05, 0.1) is 17.2 Å². The summed E-state index contributed by atoms with van der Waals surface area (Å²) in [5.74, 6) is 0.312. The number of hydrogen-bond donors (Lipinski definition) is 1. The number of aryl methyl sites for hydroxylation is 2. The number of aromatic nitrogens is 1. The van der Waals surface area contributed by atoms with Crippen LogP contribution in [0.2, 0.25) is 0 Å². The van der Waals surface area contributed by atoms with E-state index in [1.807, 2.05) is 13.8 Å². The minimum Gasteiger partial charge on any atom is -0.311 e. The number of thiazole rings is 1. The van der Waals surface area contributed by atoms with E-state index >= 15 is 0 Å². The molecule has 0 amide bonds. The molecule has 0 aromatic carbocycles. The van der Waals surface area contributed by atoms with Gasteiger partial charge < -0.3 is 5.32 Å². The molecule has 3 nitrogen and oxygen atoms in total. The van der Waals surface area contributed by atoms with Gasteiger partial charge in [0.15, 0.2) is 0 Å². The van der Waals surface area contributed by atoms with Crippen molar-refractivity contribution < 1.29 is 13.2 Å². The lowest BCUT2D eigenvalue weighted by atomic mass is 10.1. The van der Waals surface area contributed by atoms with Gasteiger partial charge in [0.2, 0.25) is 0 Å². The highest BCUT2D eigenvalue weighted by Crippen LogP contribution is 2.22. The Kier molecular flexibility index (Phi) is 5.04. The van der Waals surface area contributed by atoms with Crippen LogP contribution in [0.3, 0.4) is 0 Å². The maximum absolute atomic E-state index is 12.3. The summed E-state index contributed by atoms with van der Waals surface area (Å²) in [6.45, 7) is 5.79. The van der Waals surface area contributed by atoms with Crippen molar-refractivity contribution in [3.8, 4) is 0 Å². The molecule has 1 N–H and O–H groups in total. The van der Waals surface area contributed by atoms with Gasteiger partial charge in [-0.1, -0.05) is 0 Å². The molecule has 20 heavy (non-hydrogen) atoms. The van der Waals surface area contributed by atoms with E-state index in [2.05, 4.69) is 10.3 Å². The van der Waals surface area contributed by atoms with E-state index in [4.69, 9.17) is 0 Å². The monoisotopic (exact) mass is 307 g/mol. The molecule has 1 unspecified atom stereocenters. The third-order valence-electron chi connectivity index (χ3n) is 3.49. The standard InChI is InChI=1S/C13H20F3N3S/c1-9-12(20-10(2)18-9)6-17-5-11-3-4-19(7-11)8-13(14,15)16/h11,17H,3-8H2,1-2H3. The van der Waals surface area contributed by atoms with Gasteiger partial charge in [-0.3, -0.25) is 4.90 Å². The van der Waals surface area contributed by atoms with Crippen LogP contribution in [0.1, 0.15) is 22.0 Å². The summed E-state index contributed by atoms with van der Waals surface area (Å²) in [5, 5.41) is 4.40. The van der Waals surface area contributed by atoms with Gasteiger partial charge in [0.1, 0.15) is 0 Å². The topological polar surface area (TPSA) is 28.2 Å². The molecular weight excluding hydrogens is 287 g/mol. The number of nitrogens with one attached hydrogen (secondary N) is 1. The Morgan fingerprint density at radius 1 is 1.40 bits per heavy atom. The van der Waals surface area contributed by atoms with Gasteiger partial charge in [0, 0.05) is 18.0 Å². The molecule has 1 aromatic rings. The maximum Gasteiger partial charge on any atom is 0.401 e. The lowest BCUT2D eigenvalue weighted by Crippen LogP contribution is -2.33. The first-order valence-electron chi connectivity index (χ1n) is 6.76. The second kappa shape index (κ2) is 6.41. The predicted molar refractivity (Wildman–Crippen MR) is 73.9 cm³/mol. The third-order valence-corrected chi connectivity index (χ3v) is 4.56. The molecule has 2 heterocycles. The van der Waals surface area contributed by atoms with Crippen molar-refractivity contribution in [1.29, 1.82) is 0 Å². The third kappa shape index (κ3) is 4.71. The Balaban J connectivity index is 1.70. The smallest absolute Gasteiger partial charge is 0.311 e. The van der Waals surface area contributed by atoms with Crippen molar-refractivity contribution in [2.24, 2.45) is 5.92 Å². The van der Waals surface area contributed by atoms with Gasteiger partial charge in [-0.2, -0.15) is 13.2 Å². The first-order chi connectivity index (χ1) is 9.33. The van der Waals surface area contributed by atoms with E-state index in [-0.39, 0.29) is 0 Å². The van der Waals surface area contributed by atoms with Gasteiger partial charge >= 0.3 is 6.18 Å². The molecule has 0 radical (unpaired) electrons. The maximum atomic E-state index is 12.3. The summed E-state index contributed by atoms with van der Waals surface area (Å²) in [6.07, 6.45) is -3.25. The molecule has 0 bridgehead atoms. The molecule has 1 saturated heterocycles. The minimum atomic E-state index is -4.08. The summed E-state index contributed by atoms with van der Waals surface area (Å²) in [6, 6.07) is 0. The van der Waals surface area contributed by atoms with Crippen molar-refractivity contribution in [2.75, 3.05) is 26.2 Å². The van der Waals surface area contributed by atoms with Gasteiger partial charge in [-0.05, 0) is 39.3 Å². The zero-order valence-corrected chi connectivity index (χ0v) is 12.6. The van der Waals surface area contributed by atoms with Crippen LogP contribution in [0.15, 0.2) is 0 Å². The Morgan fingerprint density at radius 3 is 2.75 bits per heavy atom. The average Bonchev–Trinajstić information content (AvgIpc) is 2.84. The number of nitrogens with zero attached hydrogens (tertiary/aromatic N) is 2. The Bertz CT molecular complexity index is 445. The molecule has 7 heteroatoms. The molecular formula is C13H20F3N3S. The highest BCUT2D eigenvalue weighted by Gasteiger charge is 2.34. The molecule has 114 valence electrons. The van der Waals surface area contributed by atoms with E-state index < -0.39 is 12.7 Å². The van der Waals surface area contributed by atoms with Gasteiger partial charge in [-0.15, -0.1) is 11.3 Å². The molecule has 0 spiro atoms. The molecule has 0 aliphatic carbocycles. The number of likely N-dealkylation sites (tertiary alicyclic amines) is 1. The average molecular weight is 307 g/mol. The number of rotatable bonds is 5. The summed E-state index contributed by atoms with van der Waals surface area (Å²) in [5.41, 5.74) is 1.05. The quantitative estimate of drug-likeness (QED) is 0.906. The van der Waals surface area contributed by atoms with Crippen LogP contribution in [0, 0.1) is 19.8 Å². The molecule has 2 rings (SSSR count). The SMILES string of the molecule is Cc1nc(C)c(CNCC2CCN(CC(F)(F)F)C2)s1. The highest BCUT2D eigenvalue weighted by atomic mass is 32.1. The number of halogens is 3. The van der Waals surface area contributed by atoms with Crippen LogP contribution in [0.25, 0.3) is 0 Å². The molecule has 1 aromatic heterocycles. The fourth-order valence-corrected chi connectivity index (χ4v) is 3.51. The zero-order valence-electron chi connectivity index (χ0n) is 11.8. The highest BCUT2D eigenvalue weighted by molar-refractivity contribution is 7.11. The van der Waals surface area contributed by atoms with Crippen molar-refractivity contribution >= 4 is 11.3 Å². The van der Waals surface area contributed by atoms with Crippen LogP contribution in [-0.2, 0) is 6.54 Å². The van der Waals surface area contributed by atoms with Crippen molar-refractivity contribution in [3.05, 3.63) is 15.6 Å². The molecule has 0 saturated carbocycles. The lowest BCUT2D eigenvalue weighted by Gasteiger charge is -2.17. The summed E-state index contributed by atoms with van der Waals surface area (Å²) in [4.78, 5) is 7.07. The first-order valence-corrected chi connectivity index (χ1v) is 7.58. The normalized spacial score (nSPS) is 20.8. The van der Waals surface area contributed by atoms with E-state index in [0.717, 1.165) is 30.2 Å². The molecule has 1 fully saturated rings. The predicted octanol–water partition coefficient (Wildman–Crippen LogP) is 2.73.